The highest BCUT2D eigenvalue weighted by Crippen LogP contribution is 2.30. The molecule has 0 atom stereocenters. The van der Waals surface area contributed by atoms with E-state index in [4.69, 9.17) is 10.5 Å². The number of nitrogens with zero attached hydrogens (tertiary/aromatic N) is 3. The van der Waals surface area contributed by atoms with Crippen LogP contribution in [0.1, 0.15) is 16.7 Å². The van der Waals surface area contributed by atoms with E-state index in [0.29, 0.717) is 22.3 Å². The highest BCUT2D eigenvalue weighted by atomic mass is 32.2. The first-order chi connectivity index (χ1) is 14.8. The molecule has 4 aromatic rings. The number of benzene rings is 2. The second-order valence-corrected chi connectivity index (χ2v) is 8.87. The summed E-state index contributed by atoms with van der Waals surface area (Å²) in [5.74, 6) is 0. The zero-order valence-corrected chi connectivity index (χ0v) is 17.8. The maximum atomic E-state index is 13.3. The predicted molar refractivity (Wildman–Crippen MR) is 116 cm³/mol. The molecule has 0 unspecified atom stereocenters. The second kappa shape index (κ2) is 7.84. The van der Waals surface area contributed by atoms with E-state index in [1.54, 1.807) is 37.3 Å². The molecular weight excluding hydrogens is 416 g/mol. The molecule has 2 N–H and O–H groups in total. The van der Waals surface area contributed by atoms with Gasteiger partial charge < -0.3 is 10.5 Å². The third kappa shape index (κ3) is 3.75. The SMILES string of the molecule is Cc1cc(-c2ncnc3c2ccn3S(=O)(=O)c2ccccc2C)ccc1COC(N)=O. The monoisotopic (exact) mass is 436 g/mol. The van der Waals surface area contributed by atoms with Crippen LogP contribution in [-0.2, 0) is 21.4 Å². The highest BCUT2D eigenvalue weighted by Gasteiger charge is 2.22. The van der Waals surface area contributed by atoms with Crippen molar-refractivity contribution in [2.45, 2.75) is 25.3 Å². The molecule has 0 bridgehead atoms. The standard InChI is InChI=1S/C22H20N4O4S/c1-14-5-3-4-6-19(14)31(28,29)26-10-9-18-20(24-13-25-21(18)26)16-7-8-17(15(2)11-16)12-30-22(23)27/h3-11,13H,12H2,1-2H3,(H2,23,27). The molecule has 31 heavy (non-hydrogen) atoms. The van der Waals surface area contributed by atoms with Gasteiger partial charge in [-0.1, -0.05) is 30.3 Å². The van der Waals surface area contributed by atoms with Gasteiger partial charge in [0.1, 0.15) is 12.9 Å². The fourth-order valence-corrected chi connectivity index (χ4v) is 4.99. The molecule has 2 aromatic carbocycles. The van der Waals surface area contributed by atoms with E-state index in [2.05, 4.69) is 9.97 Å². The number of amides is 1. The van der Waals surface area contributed by atoms with Crippen LogP contribution >= 0.6 is 0 Å². The van der Waals surface area contributed by atoms with Gasteiger partial charge >= 0.3 is 6.09 Å². The summed E-state index contributed by atoms with van der Waals surface area (Å²) < 4.78 is 32.5. The molecule has 1 amide bonds. The normalized spacial score (nSPS) is 11.5. The fraction of sp³-hybridized carbons (Fsp3) is 0.136. The summed E-state index contributed by atoms with van der Waals surface area (Å²) in [6, 6.07) is 14.1. The first kappa shape index (κ1) is 20.5. The van der Waals surface area contributed by atoms with Gasteiger partial charge in [0, 0.05) is 17.1 Å². The molecule has 0 aliphatic rings. The predicted octanol–water partition coefficient (Wildman–Crippen LogP) is 3.55. The van der Waals surface area contributed by atoms with E-state index in [1.807, 2.05) is 25.1 Å². The van der Waals surface area contributed by atoms with Gasteiger partial charge in [-0.25, -0.2) is 27.2 Å². The van der Waals surface area contributed by atoms with Crippen molar-refractivity contribution in [3.05, 3.63) is 77.7 Å². The zero-order chi connectivity index (χ0) is 22.2. The minimum absolute atomic E-state index is 0.0751. The van der Waals surface area contributed by atoms with Crippen LogP contribution in [0.5, 0.6) is 0 Å². The topological polar surface area (TPSA) is 117 Å². The third-order valence-corrected chi connectivity index (χ3v) is 6.89. The summed E-state index contributed by atoms with van der Waals surface area (Å²) in [5, 5.41) is 0.611. The Labute approximate surface area is 179 Å². The number of aromatic nitrogens is 3. The van der Waals surface area contributed by atoms with Crippen LogP contribution < -0.4 is 5.73 Å². The van der Waals surface area contributed by atoms with Gasteiger partial charge in [-0.15, -0.1) is 0 Å². The maximum absolute atomic E-state index is 13.3. The van der Waals surface area contributed by atoms with Gasteiger partial charge in [-0.3, -0.25) is 0 Å². The van der Waals surface area contributed by atoms with Crippen LogP contribution in [-0.4, -0.2) is 28.5 Å². The average Bonchev–Trinajstić information content (AvgIpc) is 3.18. The minimum atomic E-state index is -3.82. The first-order valence-electron chi connectivity index (χ1n) is 9.44. The van der Waals surface area contributed by atoms with Crippen molar-refractivity contribution in [1.29, 1.82) is 0 Å². The lowest BCUT2D eigenvalue weighted by atomic mass is 10.0. The smallest absolute Gasteiger partial charge is 0.404 e. The number of rotatable bonds is 5. The second-order valence-electron chi connectivity index (χ2n) is 7.09. The van der Waals surface area contributed by atoms with Crippen LogP contribution in [0.15, 0.2) is 66.0 Å². The Balaban J connectivity index is 1.79. The Morgan fingerprint density at radius 3 is 2.55 bits per heavy atom. The molecular formula is C22H20N4O4S. The molecule has 0 saturated carbocycles. The van der Waals surface area contributed by atoms with Gasteiger partial charge in [0.05, 0.1) is 10.6 Å². The van der Waals surface area contributed by atoms with Crippen molar-refractivity contribution in [2.75, 3.05) is 0 Å². The summed E-state index contributed by atoms with van der Waals surface area (Å²) in [4.78, 5) is 19.7. The van der Waals surface area contributed by atoms with E-state index in [9.17, 15) is 13.2 Å². The first-order valence-corrected chi connectivity index (χ1v) is 10.9. The lowest BCUT2D eigenvalue weighted by Crippen LogP contribution is -2.13. The van der Waals surface area contributed by atoms with Gasteiger partial charge in [-0.05, 0) is 48.7 Å². The highest BCUT2D eigenvalue weighted by molar-refractivity contribution is 7.90. The quantitative estimate of drug-likeness (QED) is 0.511. The summed E-state index contributed by atoms with van der Waals surface area (Å²) in [6.07, 6.45) is 2.00. The summed E-state index contributed by atoms with van der Waals surface area (Å²) >= 11 is 0. The number of hydrogen-bond donors (Lipinski definition) is 1. The number of hydrogen-bond acceptors (Lipinski definition) is 6. The number of primary amides is 1. The van der Waals surface area contributed by atoms with E-state index in [0.717, 1.165) is 16.7 Å². The van der Waals surface area contributed by atoms with Crippen LogP contribution in [0, 0.1) is 13.8 Å². The molecule has 2 heterocycles. The average molecular weight is 436 g/mol. The van der Waals surface area contributed by atoms with E-state index in [1.165, 1.54) is 16.5 Å². The zero-order valence-electron chi connectivity index (χ0n) is 16.9. The number of ether oxygens (including phenoxy) is 1. The Morgan fingerprint density at radius 2 is 1.84 bits per heavy atom. The number of fused-ring (bicyclic) bond motifs is 1. The van der Waals surface area contributed by atoms with E-state index >= 15 is 0 Å². The molecule has 0 radical (unpaired) electrons. The van der Waals surface area contributed by atoms with Crippen LogP contribution in [0.3, 0.4) is 0 Å². The van der Waals surface area contributed by atoms with Crippen molar-refractivity contribution < 1.29 is 17.9 Å². The van der Waals surface area contributed by atoms with E-state index in [-0.39, 0.29) is 11.5 Å². The number of nitrogens with two attached hydrogens (primary N) is 1. The number of carbonyl (C=O) groups is 1. The van der Waals surface area contributed by atoms with Gasteiger partial charge in [0.15, 0.2) is 5.65 Å². The molecule has 0 aliphatic carbocycles. The lowest BCUT2D eigenvalue weighted by molar-refractivity contribution is 0.150. The maximum Gasteiger partial charge on any atom is 0.404 e. The van der Waals surface area contributed by atoms with Crippen LogP contribution in [0.4, 0.5) is 4.79 Å². The summed E-state index contributed by atoms with van der Waals surface area (Å²) in [5.41, 5.74) is 9.08. The van der Waals surface area contributed by atoms with Crippen molar-refractivity contribution in [3.63, 3.8) is 0 Å². The lowest BCUT2D eigenvalue weighted by Gasteiger charge is -2.11. The molecule has 0 saturated heterocycles. The Bertz CT molecular complexity index is 1410. The van der Waals surface area contributed by atoms with Gasteiger partial charge in [-0.2, -0.15) is 0 Å². The molecule has 4 rings (SSSR count). The Hall–Kier alpha value is -3.72. The summed E-state index contributed by atoms with van der Waals surface area (Å²) in [7, 11) is -3.82. The molecule has 9 heteroatoms. The van der Waals surface area contributed by atoms with Crippen molar-refractivity contribution in [1.82, 2.24) is 13.9 Å². The fourth-order valence-electron chi connectivity index (χ4n) is 3.46. The van der Waals surface area contributed by atoms with Crippen molar-refractivity contribution in [2.24, 2.45) is 5.73 Å². The Kier molecular flexibility index (Phi) is 5.20. The van der Waals surface area contributed by atoms with Crippen molar-refractivity contribution in [3.8, 4) is 11.3 Å². The minimum Gasteiger partial charge on any atom is -0.445 e. The molecule has 158 valence electrons. The largest absolute Gasteiger partial charge is 0.445 e. The van der Waals surface area contributed by atoms with Gasteiger partial charge in [0.2, 0.25) is 0 Å². The van der Waals surface area contributed by atoms with Crippen molar-refractivity contribution >= 4 is 27.1 Å². The number of carbonyl (C=O) groups excluding carboxylic acids is 1. The van der Waals surface area contributed by atoms with Gasteiger partial charge in [0.25, 0.3) is 10.0 Å². The van der Waals surface area contributed by atoms with Crippen LogP contribution in [0.2, 0.25) is 0 Å². The number of aryl methyl sites for hydroxylation is 2. The summed E-state index contributed by atoms with van der Waals surface area (Å²) in [6.45, 7) is 3.71. The molecule has 0 aliphatic heterocycles. The molecule has 0 spiro atoms. The third-order valence-electron chi connectivity index (χ3n) is 5.06. The molecule has 0 fully saturated rings. The Morgan fingerprint density at radius 1 is 1.06 bits per heavy atom. The van der Waals surface area contributed by atoms with E-state index < -0.39 is 16.1 Å². The van der Waals surface area contributed by atoms with Crippen LogP contribution in [0.25, 0.3) is 22.3 Å². The molecule has 2 aromatic heterocycles. The molecule has 8 nitrogen and oxygen atoms in total.